The molecule has 0 aromatic carbocycles. The molecule has 2 rings (SSSR count). The van der Waals surface area contributed by atoms with E-state index >= 15 is 0 Å². The third-order valence-corrected chi connectivity index (χ3v) is 3.00. The molecule has 0 spiro atoms. The van der Waals surface area contributed by atoms with E-state index in [1.165, 1.54) is 6.42 Å². The Kier molecular flexibility index (Phi) is 4.74. The van der Waals surface area contributed by atoms with Crippen LogP contribution in [0.2, 0.25) is 0 Å². The van der Waals surface area contributed by atoms with Gasteiger partial charge in [0.2, 0.25) is 0 Å². The van der Waals surface area contributed by atoms with Crippen molar-refractivity contribution in [3.63, 3.8) is 0 Å². The standard InChI is InChI=1S/C14H22N4O/c1-4-7-15-8-5-6-14-16-9-13(19-14)12-10-18(3)17-11(12)2/h9-10,15H,4-8H2,1-3H3. The highest BCUT2D eigenvalue weighted by molar-refractivity contribution is 5.58. The summed E-state index contributed by atoms with van der Waals surface area (Å²) in [5, 5.41) is 7.68. The second kappa shape index (κ2) is 6.52. The van der Waals surface area contributed by atoms with Gasteiger partial charge in [-0.15, -0.1) is 0 Å². The number of nitrogens with zero attached hydrogens (tertiary/aromatic N) is 3. The van der Waals surface area contributed by atoms with Crippen LogP contribution in [-0.4, -0.2) is 27.9 Å². The van der Waals surface area contributed by atoms with E-state index in [1.807, 2.05) is 20.2 Å². The average Bonchev–Trinajstić information content (AvgIpc) is 2.95. The van der Waals surface area contributed by atoms with Crippen LogP contribution < -0.4 is 5.32 Å². The van der Waals surface area contributed by atoms with E-state index in [0.29, 0.717) is 0 Å². The Hall–Kier alpha value is -1.62. The quantitative estimate of drug-likeness (QED) is 0.778. The van der Waals surface area contributed by atoms with Gasteiger partial charge in [0, 0.05) is 19.7 Å². The van der Waals surface area contributed by atoms with E-state index in [-0.39, 0.29) is 0 Å². The number of oxazole rings is 1. The molecule has 104 valence electrons. The van der Waals surface area contributed by atoms with E-state index in [9.17, 15) is 0 Å². The van der Waals surface area contributed by atoms with E-state index in [0.717, 1.165) is 48.8 Å². The largest absolute Gasteiger partial charge is 0.441 e. The maximum Gasteiger partial charge on any atom is 0.194 e. The number of hydrogen-bond donors (Lipinski definition) is 1. The average molecular weight is 262 g/mol. The molecule has 0 saturated carbocycles. The Morgan fingerprint density at radius 3 is 2.89 bits per heavy atom. The first kappa shape index (κ1) is 13.8. The minimum Gasteiger partial charge on any atom is -0.441 e. The van der Waals surface area contributed by atoms with Crippen molar-refractivity contribution in [3.05, 3.63) is 24.0 Å². The van der Waals surface area contributed by atoms with Gasteiger partial charge in [-0.3, -0.25) is 4.68 Å². The molecule has 0 unspecified atom stereocenters. The molecule has 0 saturated heterocycles. The zero-order chi connectivity index (χ0) is 13.7. The van der Waals surface area contributed by atoms with Crippen LogP contribution in [0.15, 0.2) is 16.8 Å². The summed E-state index contributed by atoms with van der Waals surface area (Å²) < 4.78 is 7.57. The molecule has 2 heterocycles. The van der Waals surface area contributed by atoms with Gasteiger partial charge in [-0.2, -0.15) is 5.10 Å². The molecule has 0 fully saturated rings. The maximum absolute atomic E-state index is 5.78. The summed E-state index contributed by atoms with van der Waals surface area (Å²) in [4.78, 5) is 4.33. The maximum atomic E-state index is 5.78. The molecule has 2 aromatic rings. The molecule has 0 radical (unpaired) electrons. The number of aromatic nitrogens is 3. The molecule has 5 nitrogen and oxygen atoms in total. The molecule has 0 aliphatic rings. The fraction of sp³-hybridized carbons (Fsp3) is 0.571. The van der Waals surface area contributed by atoms with Gasteiger partial charge in [0.05, 0.1) is 17.5 Å². The first-order valence-electron chi connectivity index (χ1n) is 6.86. The van der Waals surface area contributed by atoms with Crippen LogP contribution in [0.3, 0.4) is 0 Å². The van der Waals surface area contributed by atoms with E-state index in [4.69, 9.17) is 4.42 Å². The monoisotopic (exact) mass is 262 g/mol. The fourth-order valence-corrected chi connectivity index (χ4v) is 2.06. The first-order valence-corrected chi connectivity index (χ1v) is 6.86. The third kappa shape index (κ3) is 3.67. The summed E-state index contributed by atoms with van der Waals surface area (Å²) in [6, 6.07) is 0. The van der Waals surface area contributed by atoms with Crippen molar-refractivity contribution in [2.24, 2.45) is 7.05 Å². The molecule has 19 heavy (non-hydrogen) atoms. The normalized spacial score (nSPS) is 11.1. The van der Waals surface area contributed by atoms with Crippen molar-refractivity contribution in [3.8, 4) is 11.3 Å². The molecule has 0 atom stereocenters. The van der Waals surface area contributed by atoms with Gasteiger partial charge < -0.3 is 9.73 Å². The van der Waals surface area contributed by atoms with Crippen molar-refractivity contribution in [1.82, 2.24) is 20.1 Å². The second-order valence-electron chi connectivity index (χ2n) is 4.77. The van der Waals surface area contributed by atoms with Crippen molar-refractivity contribution in [2.45, 2.75) is 33.1 Å². The van der Waals surface area contributed by atoms with Crippen molar-refractivity contribution in [1.29, 1.82) is 0 Å². The lowest BCUT2D eigenvalue weighted by atomic mass is 10.2. The van der Waals surface area contributed by atoms with Crippen molar-refractivity contribution in [2.75, 3.05) is 13.1 Å². The Morgan fingerprint density at radius 2 is 2.21 bits per heavy atom. The molecule has 0 amide bonds. The van der Waals surface area contributed by atoms with Crippen LogP contribution in [-0.2, 0) is 13.5 Å². The highest BCUT2D eigenvalue weighted by Crippen LogP contribution is 2.23. The zero-order valence-corrected chi connectivity index (χ0v) is 11.9. The van der Waals surface area contributed by atoms with Crippen LogP contribution in [0, 0.1) is 6.92 Å². The van der Waals surface area contributed by atoms with Crippen LogP contribution in [0.25, 0.3) is 11.3 Å². The molecular formula is C14H22N4O. The van der Waals surface area contributed by atoms with Gasteiger partial charge in [-0.1, -0.05) is 6.92 Å². The minimum absolute atomic E-state index is 0.802. The molecule has 0 aliphatic carbocycles. The zero-order valence-electron chi connectivity index (χ0n) is 11.9. The molecule has 1 N–H and O–H groups in total. The summed E-state index contributed by atoms with van der Waals surface area (Å²) in [7, 11) is 1.91. The van der Waals surface area contributed by atoms with Crippen LogP contribution >= 0.6 is 0 Å². The minimum atomic E-state index is 0.802. The summed E-state index contributed by atoms with van der Waals surface area (Å²) in [5.74, 6) is 1.61. The predicted molar refractivity (Wildman–Crippen MR) is 74.9 cm³/mol. The number of nitrogens with one attached hydrogen (secondary N) is 1. The lowest BCUT2D eigenvalue weighted by Crippen LogP contribution is -2.16. The summed E-state index contributed by atoms with van der Waals surface area (Å²) >= 11 is 0. The molecule has 0 bridgehead atoms. The summed E-state index contributed by atoms with van der Waals surface area (Å²) in [6.07, 6.45) is 6.84. The highest BCUT2D eigenvalue weighted by Gasteiger charge is 2.11. The van der Waals surface area contributed by atoms with Crippen LogP contribution in [0.1, 0.15) is 31.4 Å². The number of aryl methyl sites for hydroxylation is 3. The fourth-order valence-electron chi connectivity index (χ4n) is 2.06. The molecule has 5 heteroatoms. The van der Waals surface area contributed by atoms with Crippen LogP contribution in [0.5, 0.6) is 0 Å². The van der Waals surface area contributed by atoms with E-state index < -0.39 is 0 Å². The Bertz CT molecular complexity index is 515. The molecule has 2 aromatic heterocycles. The van der Waals surface area contributed by atoms with Gasteiger partial charge in [-0.05, 0) is 32.9 Å². The highest BCUT2D eigenvalue weighted by atomic mass is 16.4. The SMILES string of the molecule is CCCNCCCc1ncc(-c2cn(C)nc2C)o1. The van der Waals surface area contributed by atoms with Gasteiger partial charge in [0.15, 0.2) is 11.7 Å². The Labute approximate surface area is 114 Å². The van der Waals surface area contributed by atoms with Crippen molar-refractivity contribution >= 4 is 0 Å². The van der Waals surface area contributed by atoms with Gasteiger partial charge in [0.25, 0.3) is 0 Å². The number of hydrogen-bond acceptors (Lipinski definition) is 4. The van der Waals surface area contributed by atoms with Gasteiger partial charge >= 0.3 is 0 Å². The second-order valence-corrected chi connectivity index (χ2v) is 4.77. The Balaban J connectivity index is 1.90. The smallest absolute Gasteiger partial charge is 0.194 e. The van der Waals surface area contributed by atoms with Gasteiger partial charge in [-0.25, -0.2) is 4.98 Å². The molecular weight excluding hydrogens is 240 g/mol. The Morgan fingerprint density at radius 1 is 1.37 bits per heavy atom. The topological polar surface area (TPSA) is 55.9 Å². The van der Waals surface area contributed by atoms with Crippen molar-refractivity contribution < 1.29 is 4.42 Å². The predicted octanol–water partition coefficient (Wildman–Crippen LogP) is 2.32. The van der Waals surface area contributed by atoms with E-state index in [2.05, 4.69) is 22.3 Å². The van der Waals surface area contributed by atoms with E-state index in [1.54, 1.807) is 10.9 Å². The molecule has 0 aliphatic heterocycles. The first-order chi connectivity index (χ1) is 9.20. The third-order valence-electron chi connectivity index (χ3n) is 3.00. The number of rotatable bonds is 7. The van der Waals surface area contributed by atoms with Gasteiger partial charge in [0.1, 0.15) is 0 Å². The summed E-state index contributed by atoms with van der Waals surface area (Å²) in [6.45, 7) is 6.24. The van der Waals surface area contributed by atoms with Crippen LogP contribution in [0.4, 0.5) is 0 Å². The lowest BCUT2D eigenvalue weighted by molar-refractivity contribution is 0.491. The lowest BCUT2D eigenvalue weighted by Gasteiger charge is -2.00. The summed E-state index contributed by atoms with van der Waals surface area (Å²) in [5.41, 5.74) is 1.99.